The van der Waals surface area contributed by atoms with E-state index >= 15 is 0 Å². The maximum atomic E-state index is 10.4. The van der Waals surface area contributed by atoms with E-state index in [-0.39, 0.29) is 11.7 Å². The molecule has 1 unspecified atom stereocenters. The van der Waals surface area contributed by atoms with Gasteiger partial charge >= 0.3 is 0 Å². The van der Waals surface area contributed by atoms with Crippen LogP contribution in [0.3, 0.4) is 0 Å². The lowest BCUT2D eigenvalue weighted by Gasteiger charge is -2.34. The SMILES string of the molecule is COC1(C(O)CCC2CCCCC2)CCCC1. The Kier molecular flexibility index (Phi) is 4.87. The summed E-state index contributed by atoms with van der Waals surface area (Å²) in [6.07, 6.45) is 13.4. The van der Waals surface area contributed by atoms with Crippen molar-refractivity contribution in [1.29, 1.82) is 0 Å². The van der Waals surface area contributed by atoms with Crippen LogP contribution in [0, 0.1) is 5.92 Å². The molecule has 0 aromatic carbocycles. The molecule has 0 aromatic rings. The summed E-state index contributed by atoms with van der Waals surface area (Å²) in [4.78, 5) is 0. The van der Waals surface area contributed by atoms with Gasteiger partial charge in [0.05, 0.1) is 11.7 Å². The number of aliphatic hydroxyl groups is 1. The number of methoxy groups -OCH3 is 1. The van der Waals surface area contributed by atoms with E-state index in [1.807, 2.05) is 0 Å². The fourth-order valence-electron chi connectivity index (χ4n) is 3.78. The molecule has 0 amide bonds. The molecule has 0 aliphatic heterocycles. The normalized spacial score (nSPS) is 27.2. The quantitative estimate of drug-likeness (QED) is 0.794. The summed E-state index contributed by atoms with van der Waals surface area (Å²) in [7, 11) is 1.77. The number of aliphatic hydroxyl groups excluding tert-OH is 1. The van der Waals surface area contributed by atoms with Gasteiger partial charge in [-0.15, -0.1) is 0 Å². The molecule has 0 saturated heterocycles. The van der Waals surface area contributed by atoms with Gasteiger partial charge in [0.2, 0.25) is 0 Å². The zero-order chi connectivity index (χ0) is 12.1. The van der Waals surface area contributed by atoms with E-state index in [2.05, 4.69) is 0 Å². The van der Waals surface area contributed by atoms with Gasteiger partial charge in [0.1, 0.15) is 0 Å². The molecule has 2 aliphatic rings. The van der Waals surface area contributed by atoms with Gasteiger partial charge in [0, 0.05) is 7.11 Å². The zero-order valence-electron chi connectivity index (χ0n) is 11.3. The van der Waals surface area contributed by atoms with Crippen molar-refractivity contribution in [2.45, 2.75) is 82.3 Å². The first-order chi connectivity index (χ1) is 8.27. The van der Waals surface area contributed by atoms with Crippen LogP contribution in [0.2, 0.25) is 0 Å². The van der Waals surface area contributed by atoms with Crippen LogP contribution in [0.1, 0.15) is 70.6 Å². The van der Waals surface area contributed by atoms with Crippen LogP contribution in [-0.4, -0.2) is 23.9 Å². The lowest BCUT2D eigenvalue weighted by molar-refractivity contribution is -0.102. The maximum absolute atomic E-state index is 10.4. The topological polar surface area (TPSA) is 29.5 Å². The van der Waals surface area contributed by atoms with Crippen LogP contribution in [0.4, 0.5) is 0 Å². The highest BCUT2D eigenvalue weighted by Gasteiger charge is 2.40. The van der Waals surface area contributed by atoms with Gasteiger partial charge in [-0.05, 0) is 31.6 Å². The molecule has 0 aromatic heterocycles. The zero-order valence-corrected chi connectivity index (χ0v) is 11.3. The second kappa shape index (κ2) is 6.19. The van der Waals surface area contributed by atoms with Crippen molar-refractivity contribution in [3.63, 3.8) is 0 Å². The third-order valence-electron chi connectivity index (χ3n) is 5.04. The van der Waals surface area contributed by atoms with Crippen LogP contribution in [-0.2, 0) is 4.74 Å². The third kappa shape index (κ3) is 3.23. The molecule has 1 N–H and O–H groups in total. The van der Waals surface area contributed by atoms with E-state index in [9.17, 15) is 5.11 Å². The Hall–Kier alpha value is -0.0800. The molecule has 1 atom stereocenters. The molecule has 2 rings (SSSR count). The van der Waals surface area contributed by atoms with Crippen LogP contribution in [0.25, 0.3) is 0 Å². The van der Waals surface area contributed by atoms with Crippen molar-refractivity contribution in [2.75, 3.05) is 7.11 Å². The molecule has 0 radical (unpaired) electrons. The highest BCUT2D eigenvalue weighted by molar-refractivity contribution is 4.92. The number of rotatable bonds is 5. The first kappa shape index (κ1) is 13.4. The lowest BCUT2D eigenvalue weighted by Crippen LogP contribution is -2.41. The average Bonchev–Trinajstić information content (AvgIpc) is 2.87. The van der Waals surface area contributed by atoms with Crippen molar-refractivity contribution in [3.05, 3.63) is 0 Å². The molecule has 2 nitrogen and oxygen atoms in total. The number of hydrogen-bond acceptors (Lipinski definition) is 2. The minimum Gasteiger partial charge on any atom is -0.390 e. The van der Waals surface area contributed by atoms with E-state index in [1.165, 1.54) is 51.4 Å². The molecular formula is C15H28O2. The van der Waals surface area contributed by atoms with E-state index in [1.54, 1.807) is 7.11 Å². The molecule has 2 heteroatoms. The molecule has 2 aliphatic carbocycles. The van der Waals surface area contributed by atoms with Crippen molar-refractivity contribution in [1.82, 2.24) is 0 Å². The fourth-order valence-corrected chi connectivity index (χ4v) is 3.78. The molecule has 2 fully saturated rings. The summed E-state index contributed by atoms with van der Waals surface area (Å²) in [5.74, 6) is 0.869. The van der Waals surface area contributed by atoms with E-state index in [0.717, 1.165) is 25.2 Å². The monoisotopic (exact) mass is 240 g/mol. The lowest BCUT2D eigenvalue weighted by atomic mass is 9.83. The number of hydrogen-bond donors (Lipinski definition) is 1. The van der Waals surface area contributed by atoms with Gasteiger partial charge < -0.3 is 9.84 Å². The summed E-state index contributed by atoms with van der Waals surface area (Å²) in [5, 5.41) is 10.4. The largest absolute Gasteiger partial charge is 0.390 e. The molecule has 2 saturated carbocycles. The van der Waals surface area contributed by atoms with Crippen molar-refractivity contribution in [3.8, 4) is 0 Å². The molecule has 100 valence electrons. The van der Waals surface area contributed by atoms with Crippen molar-refractivity contribution in [2.24, 2.45) is 5.92 Å². The smallest absolute Gasteiger partial charge is 0.0936 e. The standard InChI is InChI=1S/C15H28O2/c1-17-15(11-5-6-12-15)14(16)10-9-13-7-3-2-4-8-13/h13-14,16H,2-12H2,1H3. The van der Waals surface area contributed by atoms with Crippen LogP contribution in [0.5, 0.6) is 0 Å². The van der Waals surface area contributed by atoms with E-state index < -0.39 is 0 Å². The summed E-state index contributed by atoms with van der Waals surface area (Å²) < 4.78 is 5.65. The van der Waals surface area contributed by atoms with Crippen molar-refractivity contribution >= 4 is 0 Å². The van der Waals surface area contributed by atoms with Gasteiger partial charge in [-0.25, -0.2) is 0 Å². The highest BCUT2D eigenvalue weighted by Crippen LogP contribution is 2.38. The molecule has 0 heterocycles. The highest BCUT2D eigenvalue weighted by atomic mass is 16.5. The Morgan fingerprint density at radius 2 is 1.76 bits per heavy atom. The third-order valence-corrected chi connectivity index (χ3v) is 5.04. The van der Waals surface area contributed by atoms with Crippen LogP contribution in [0.15, 0.2) is 0 Å². The first-order valence-electron chi connectivity index (χ1n) is 7.50. The molecule has 17 heavy (non-hydrogen) atoms. The predicted molar refractivity (Wildman–Crippen MR) is 70.0 cm³/mol. The first-order valence-corrected chi connectivity index (χ1v) is 7.50. The fraction of sp³-hybridized carbons (Fsp3) is 1.00. The Balaban J connectivity index is 1.77. The summed E-state index contributed by atoms with van der Waals surface area (Å²) in [6.45, 7) is 0. The van der Waals surface area contributed by atoms with Gasteiger partial charge in [-0.2, -0.15) is 0 Å². The van der Waals surface area contributed by atoms with E-state index in [4.69, 9.17) is 4.74 Å². The predicted octanol–water partition coefficient (Wildman–Crippen LogP) is 3.67. The Morgan fingerprint density at radius 3 is 2.35 bits per heavy atom. The Labute approximate surface area is 106 Å². The van der Waals surface area contributed by atoms with Gasteiger partial charge in [-0.3, -0.25) is 0 Å². The second-order valence-electron chi connectivity index (χ2n) is 6.07. The van der Waals surface area contributed by atoms with Gasteiger partial charge in [-0.1, -0.05) is 44.9 Å². The average molecular weight is 240 g/mol. The van der Waals surface area contributed by atoms with E-state index in [0.29, 0.717) is 0 Å². The second-order valence-corrected chi connectivity index (χ2v) is 6.07. The van der Waals surface area contributed by atoms with Crippen molar-refractivity contribution < 1.29 is 9.84 Å². The minimum atomic E-state index is -0.239. The summed E-state index contributed by atoms with van der Waals surface area (Å²) in [5.41, 5.74) is -0.200. The maximum Gasteiger partial charge on any atom is 0.0936 e. The van der Waals surface area contributed by atoms with Crippen LogP contribution < -0.4 is 0 Å². The van der Waals surface area contributed by atoms with Crippen LogP contribution >= 0.6 is 0 Å². The summed E-state index contributed by atoms with van der Waals surface area (Å²) >= 11 is 0. The van der Waals surface area contributed by atoms with Gasteiger partial charge in [0.25, 0.3) is 0 Å². The molecular weight excluding hydrogens is 212 g/mol. The molecule has 0 spiro atoms. The molecule has 0 bridgehead atoms. The summed E-state index contributed by atoms with van der Waals surface area (Å²) in [6, 6.07) is 0. The Bertz CT molecular complexity index is 215. The van der Waals surface area contributed by atoms with Gasteiger partial charge in [0.15, 0.2) is 0 Å². The minimum absolute atomic E-state index is 0.200. The number of ether oxygens (including phenoxy) is 1. The Morgan fingerprint density at radius 1 is 1.12 bits per heavy atom.